The van der Waals surface area contributed by atoms with Crippen LogP contribution in [0.5, 0.6) is 0 Å². The van der Waals surface area contributed by atoms with Gasteiger partial charge in [0.1, 0.15) is 0 Å². The van der Waals surface area contributed by atoms with Crippen LogP contribution in [0.2, 0.25) is 10.0 Å². The predicted octanol–water partition coefficient (Wildman–Crippen LogP) is 6.04. The lowest BCUT2D eigenvalue weighted by Crippen LogP contribution is -2.46. The molecule has 3 rings (SSSR count). The van der Waals surface area contributed by atoms with E-state index in [1.165, 1.54) is 32.2 Å². The minimum Gasteiger partial charge on any atom is -0.351 e. The van der Waals surface area contributed by atoms with E-state index >= 15 is 0 Å². The van der Waals surface area contributed by atoms with E-state index in [4.69, 9.17) is 23.2 Å². The Bertz CT molecular complexity index is 676. The van der Waals surface area contributed by atoms with E-state index in [2.05, 4.69) is 31.0 Å². The first-order chi connectivity index (χ1) is 13.1. The minimum absolute atomic E-state index is 0.0995. The largest absolute Gasteiger partial charge is 0.351 e. The highest BCUT2D eigenvalue weighted by Gasteiger charge is 2.33. The molecule has 1 aromatic rings. The van der Waals surface area contributed by atoms with E-state index in [1.807, 2.05) is 0 Å². The summed E-state index contributed by atoms with van der Waals surface area (Å²) in [6.07, 6.45) is 7.75. The number of amides is 1. The van der Waals surface area contributed by atoms with Crippen LogP contribution in [-0.4, -0.2) is 37.0 Å². The van der Waals surface area contributed by atoms with Crippen LogP contribution in [0.15, 0.2) is 18.2 Å². The van der Waals surface area contributed by atoms with Gasteiger partial charge in [0.25, 0.3) is 5.91 Å². The average Bonchev–Trinajstić information content (AvgIpc) is 2.60. The Morgan fingerprint density at radius 1 is 1.11 bits per heavy atom. The first-order valence-electron chi connectivity index (χ1n) is 10.6. The number of carbonyl (C=O) groups excluding carboxylic acids is 1. The molecule has 2 aliphatic rings. The third kappa shape index (κ3) is 6.11. The van der Waals surface area contributed by atoms with Crippen molar-refractivity contribution >= 4 is 29.1 Å². The summed E-state index contributed by atoms with van der Waals surface area (Å²) in [5, 5.41) is 4.07. The summed E-state index contributed by atoms with van der Waals surface area (Å²) < 4.78 is 0. The second-order valence-electron chi connectivity index (χ2n) is 10.1. The maximum absolute atomic E-state index is 12.5. The van der Waals surface area contributed by atoms with Crippen molar-refractivity contribution in [1.29, 1.82) is 0 Å². The maximum atomic E-state index is 12.5. The summed E-state index contributed by atoms with van der Waals surface area (Å²) in [6, 6.07) is 4.98. The van der Waals surface area contributed by atoms with Crippen LogP contribution in [0, 0.1) is 16.7 Å². The highest BCUT2D eigenvalue weighted by Crippen LogP contribution is 2.39. The molecule has 1 heterocycles. The highest BCUT2D eigenvalue weighted by atomic mass is 35.5. The van der Waals surface area contributed by atoms with E-state index in [0.29, 0.717) is 27.6 Å². The monoisotopic (exact) mass is 424 g/mol. The molecule has 1 aromatic carbocycles. The number of carbonyl (C=O) groups is 1. The quantitative estimate of drug-likeness (QED) is 0.624. The summed E-state index contributed by atoms with van der Waals surface area (Å²) >= 11 is 12.0. The van der Waals surface area contributed by atoms with Crippen LogP contribution in [0.4, 0.5) is 0 Å². The summed E-state index contributed by atoms with van der Waals surface area (Å²) in [5.74, 6) is 0.748. The highest BCUT2D eigenvalue weighted by molar-refractivity contribution is 6.35. The number of nitrogens with zero attached hydrogens (tertiary/aromatic N) is 1. The number of halogens is 2. The molecule has 0 aromatic heterocycles. The van der Waals surface area contributed by atoms with E-state index < -0.39 is 0 Å². The zero-order valence-corrected chi connectivity index (χ0v) is 19.0. The first-order valence-corrected chi connectivity index (χ1v) is 11.4. The van der Waals surface area contributed by atoms with Crippen LogP contribution in [-0.2, 0) is 0 Å². The van der Waals surface area contributed by atoms with Crippen molar-refractivity contribution in [1.82, 2.24) is 10.2 Å². The molecule has 0 spiro atoms. The molecule has 1 saturated carbocycles. The summed E-state index contributed by atoms with van der Waals surface area (Å²) in [7, 11) is 0. The third-order valence-corrected chi connectivity index (χ3v) is 7.12. The van der Waals surface area contributed by atoms with Crippen LogP contribution >= 0.6 is 23.2 Å². The van der Waals surface area contributed by atoms with Gasteiger partial charge in [0, 0.05) is 28.7 Å². The van der Waals surface area contributed by atoms with Gasteiger partial charge in [0.15, 0.2) is 0 Å². The van der Waals surface area contributed by atoms with Gasteiger partial charge in [-0.25, -0.2) is 0 Å². The molecule has 2 fully saturated rings. The van der Waals surface area contributed by atoms with Gasteiger partial charge in [0.05, 0.1) is 0 Å². The molecule has 0 bridgehead atoms. The molecule has 156 valence electrons. The second-order valence-corrected chi connectivity index (χ2v) is 11.0. The molecule has 3 nitrogen and oxygen atoms in total. The minimum atomic E-state index is -0.0995. The third-order valence-electron chi connectivity index (χ3n) is 6.69. The first kappa shape index (κ1) is 21.9. The summed E-state index contributed by atoms with van der Waals surface area (Å²) in [6.45, 7) is 11.3. The molecular weight excluding hydrogens is 391 g/mol. The fourth-order valence-corrected chi connectivity index (χ4v) is 5.43. The summed E-state index contributed by atoms with van der Waals surface area (Å²) in [5.41, 5.74) is 1.19. The molecule has 1 aliphatic heterocycles. The van der Waals surface area contributed by atoms with Gasteiger partial charge in [0.2, 0.25) is 0 Å². The van der Waals surface area contributed by atoms with Gasteiger partial charge < -0.3 is 10.2 Å². The van der Waals surface area contributed by atoms with Gasteiger partial charge in [-0.2, -0.15) is 0 Å². The molecule has 0 radical (unpaired) electrons. The maximum Gasteiger partial charge on any atom is 0.251 e. The molecule has 1 unspecified atom stereocenters. The lowest BCUT2D eigenvalue weighted by molar-refractivity contribution is 0.0733. The Hall–Kier alpha value is -0.770. The Balaban J connectivity index is 1.46. The van der Waals surface area contributed by atoms with Crippen molar-refractivity contribution in [3.63, 3.8) is 0 Å². The Labute approximate surface area is 180 Å². The predicted molar refractivity (Wildman–Crippen MR) is 118 cm³/mol. The van der Waals surface area contributed by atoms with Crippen LogP contribution in [0.3, 0.4) is 0 Å². The lowest BCUT2D eigenvalue weighted by atomic mass is 9.72. The lowest BCUT2D eigenvalue weighted by Gasteiger charge is -2.43. The standard InChI is InChI=1S/C23H34Cl2N2O/c1-22(2)6-4-5-17(14-22)15-27-9-7-23(3,8-10-27)16-26-21(28)18-11-19(24)13-20(25)12-18/h11-13,17H,4-10,14-16H2,1-3H3,(H,26,28). The number of hydrogen-bond acceptors (Lipinski definition) is 2. The number of piperidine rings is 1. The zero-order valence-electron chi connectivity index (χ0n) is 17.5. The molecule has 1 saturated heterocycles. The van der Waals surface area contributed by atoms with E-state index in [0.717, 1.165) is 31.8 Å². The van der Waals surface area contributed by atoms with Crippen LogP contribution in [0.1, 0.15) is 69.7 Å². The van der Waals surface area contributed by atoms with E-state index in [9.17, 15) is 4.79 Å². The molecule has 1 aliphatic carbocycles. The van der Waals surface area contributed by atoms with Gasteiger partial charge in [-0.1, -0.05) is 50.4 Å². The second kappa shape index (κ2) is 8.93. The fraction of sp³-hybridized carbons (Fsp3) is 0.696. The number of rotatable bonds is 5. The van der Waals surface area contributed by atoms with Crippen molar-refractivity contribution in [2.45, 2.75) is 59.3 Å². The normalized spacial score (nSPS) is 24.7. The van der Waals surface area contributed by atoms with Crippen molar-refractivity contribution < 1.29 is 4.79 Å². The van der Waals surface area contributed by atoms with Gasteiger partial charge in [-0.15, -0.1) is 0 Å². The summed E-state index contributed by atoms with van der Waals surface area (Å²) in [4.78, 5) is 15.1. The van der Waals surface area contributed by atoms with Crippen LogP contribution in [0.25, 0.3) is 0 Å². The SMILES string of the molecule is CC1(C)CCCC(CN2CCC(C)(CNC(=O)c3cc(Cl)cc(Cl)c3)CC2)C1. The van der Waals surface area contributed by atoms with Gasteiger partial charge in [-0.3, -0.25) is 4.79 Å². The number of likely N-dealkylation sites (tertiary alicyclic amines) is 1. The van der Waals surface area contributed by atoms with Gasteiger partial charge in [-0.05, 0) is 80.1 Å². The average molecular weight is 425 g/mol. The van der Waals surface area contributed by atoms with E-state index in [1.54, 1.807) is 18.2 Å². The number of benzene rings is 1. The van der Waals surface area contributed by atoms with Gasteiger partial charge >= 0.3 is 0 Å². The molecule has 5 heteroatoms. The zero-order chi connectivity index (χ0) is 20.4. The van der Waals surface area contributed by atoms with E-state index in [-0.39, 0.29) is 11.3 Å². The fourth-order valence-electron chi connectivity index (χ4n) is 4.91. The van der Waals surface area contributed by atoms with Crippen molar-refractivity contribution in [3.05, 3.63) is 33.8 Å². The molecule has 1 amide bonds. The Morgan fingerprint density at radius 3 is 2.36 bits per heavy atom. The number of hydrogen-bond donors (Lipinski definition) is 1. The number of nitrogens with one attached hydrogen (secondary N) is 1. The van der Waals surface area contributed by atoms with Crippen molar-refractivity contribution in [3.8, 4) is 0 Å². The molecule has 1 atom stereocenters. The van der Waals surface area contributed by atoms with Crippen LogP contribution < -0.4 is 5.32 Å². The Kier molecular flexibility index (Phi) is 7.00. The van der Waals surface area contributed by atoms with Crippen molar-refractivity contribution in [2.75, 3.05) is 26.2 Å². The molecular formula is C23H34Cl2N2O. The smallest absolute Gasteiger partial charge is 0.251 e. The molecule has 1 N–H and O–H groups in total. The Morgan fingerprint density at radius 2 is 1.75 bits per heavy atom. The molecule has 28 heavy (non-hydrogen) atoms. The topological polar surface area (TPSA) is 32.3 Å². The van der Waals surface area contributed by atoms with Crippen molar-refractivity contribution in [2.24, 2.45) is 16.7 Å².